The Balaban J connectivity index is 0.000000408. The fraction of sp³-hybridized carbons (Fsp3) is 0.500. The molecule has 2 bridgehead atoms. The van der Waals surface area contributed by atoms with Gasteiger partial charge in [0.1, 0.15) is 5.75 Å². The van der Waals surface area contributed by atoms with Crippen LogP contribution in [0, 0.1) is 5.92 Å². The number of hydrogen-bond donors (Lipinski definition) is 4. The lowest BCUT2D eigenvalue weighted by Crippen LogP contribution is -2.59. The lowest BCUT2D eigenvalue weighted by atomic mass is 9.53. The minimum absolute atomic E-state index is 0.277. The number of para-hydroxylation sites is 2. The average molecular weight is 476 g/mol. The van der Waals surface area contributed by atoms with Crippen LogP contribution in [0.2, 0.25) is 0 Å². The Labute approximate surface area is 198 Å². The Morgan fingerprint density at radius 1 is 1.15 bits per heavy atom. The number of phenolic OH excluding ortho intramolecular Hbond substituents is 1. The van der Waals surface area contributed by atoms with Crippen LogP contribution >= 0.6 is 0 Å². The molecule has 34 heavy (non-hydrogen) atoms. The van der Waals surface area contributed by atoms with Crippen LogP contribution in [-0.2, 0) is 16.6 Å². The van der Waals surface area contributed by atoms with E-state index in [2.05, 4.69) is 47.1 Å². The Hall–Kier alpha value is -2.74. The summed E-state index contributed by atoms with van der Waals surface area (Å²) in [4.78, 5) is 8.70. The normalized spacial score (nSPS) is 25.2. The Bertz CT molecular complexity index is 1020. The minimum atomic E-state index is -4.64. The van der Waals surface area contributed by atoms with E-state index in [9.17, 15) is 18.3 Å². The number of alkyl halides is 3. The highest BCUT2D eigenvalue weighted by Crippen LogP contribution is 2.55. The molecule has 2 aromatic rings. The maximum absolute atomic E-state index is 10.9. The highest BCUT2D eigenvalue weighted by Gasteiger charge is 2.51. The largest absolute Gasteiger partial charge is 0.506 e. The van der Waals surface area contributed by atoms with Gasteiger partial charge >= 0.3 is 6.18 Å². The molecule has 1 saturated heterocycles. The van der Waals surface area contributed by atoms with Crippen molar-refractivity contribution in [1.29, 1.82) is 0 Å². The highest BCUT2D eigenvalue weighted by molar-refractivity contribution is 5.77. The van der Waals surface area contributed by atoms with Crippen LogP contribution < -0.4 is 16.0 Å². The number of benzene rings is 2. The van der Waals surface area contributed by atoms with E-state index in [1.165, 1.54) is 43.2 Å². The van der Waals surface area contributed by atoms with Gasteiger partial charge in [-0.1, -0.05) is 25.0 Å². The second kappa shape index (κ2) is 9.86. The number of piperidine rings is 1. The van der Waals surface area contributed by atoms with Crippen LogP contribution in [0.5, 0.6) is 5.75 Å². The molecule has 0 radical (unpaired) electrons. The van der Waals surface area contributed by atoms with Crippen LogP contribution in [0.1, 0.15) is 50.2 Å². The van der Waals surface area contributed by atoms with Crippen LogP contribution in [0.15, 0.2) is 36.4 Å². The predicted octanol–water partition coefficient (Wildman–Crippen LogP) is 5.66. The summed E-state index contributed by atoms with van der Waals surface area (Å²) in [5.74, 6) is 1.11. The first-order valence-electron chi connectivity index (χ1n) is 12.0. The molecule has 2 fully saturated rings. The van der Waals surface area contributed by atoms with E-state index in [4.69, 9.17) is 4.79 Å². The van der Waals surface area contributed by atoms with Crippen molar-refractivity contribution in [2.24, 2.45) is 5.92 Å². The maximum Gasteiger partial charge on any atom is 0.446 e. The Kier molecular flexibility index (Phi) is 7.07. The zero-order valence-electron chi connectivity index (χ0n) is 19.3. The molecule has 0 aromatic heterocycles. The second-order valence-corrected chi connectivity index (χ2v) is 9.41. The van der Waals surface area contributed by atoms with Gasteiger partial charge in [-0.25, -0.2) is 0 Å². The molecule has 5 nitrogen and oxygen atoms in total. The molecule has 0 amide bonds. The van der Waals surface area contributed by atoms with Crippen LogP contribution in [0.4, 0.5) is 30.2 Å². The molecule has 1 aliphatic heterocycles. The summed E-state index contributed by atoms with van der Waals surface area (Å²) in [5.41, 5.74) is 6.00. The number of nitrogens with one attached hydrogen (secondary N) is 3. The number of halogens is 3. The number of anilines is 3. The summed E-state index contributed by atoms with van der Waals surface area (Å²) < 4.78 is 31.2. The summed E-state index contributed by atoms with van der Waals surface area (Å²) >= 11 is 0. The van der Waals surface area contributed by atoms with E-state index >= 15 is 0 Å². The fourth-order valence-corrected chi connectivity index (χ4v) is 6.15. The molecule has 2 aliphatic carbocycles. The molecular weight excluding hydrogens is 443 g/mol. The smallest absolute Gasteiger partial charge is 0.446 e. The molecule has 5 rings (SSSR count). The highest BCUT2D eigenvalue weighted by atomic mass is 19.4. The van der Waals surface area contributed by atoms with Gasteiger partial charge in [0.05, 0.1) is 17.1 Å². The van der Waals surface area contributed by atoms with Gasteiger partial charge in [0.2, 0.25) is 6.29 Å². The van der Waals surface area contributed by atoms with Gasteiger partial charge in [-0.2, -0.15) is 13.2 Å². The van der Waals surface area contributed by atoms with Gasteiger partial charge in [-0.15, -0.1) is 0 Å². The molecule has 1 heterocycles. The van der Waals surface area contributed by atoms with Crippen molar-refractivity contribution in [1.82, 2.24) is 5.32 Å². The fourth-order valence-electron chi connectivity index (χ4n) is 6.15. The summed E-state index contributed by atoms with van der Waals surface area (Å²) in [7, 11) is 0. The second-order valence-electron chi connectivity index (χ2n) is 9.41. The van der Waals surface area contributed by atoms with Crippen molar-refractivity contribution in [3.05, 3.63) is 47.5 Å². The molecular formula is C26H32F3N3O2. The van der Waals surface area contributed by atoms with E-state index in [1.54, 1.807) is 0 Å². The monoisotopic (exact) mass is 475 g/mol. The zero-order valence-corrected chi connectivity index (χ0v) is 19.3. The lowest BCUT2D eigenvalue weighted by Gasteiger charge is -2.56. The van der Waals surface area contributed by atoms with Gasteiger partial charge in [0.25, 0.3) is 0 Å². The third-order valence-corrected chi connectivity index (χ3v) is 7.46. The van der Waals surface area contributed by atoms with E-state index in [1.807, 2.05) is 12.1 Å². The number of phenols is 1. The minimum Gasteiger partial charge on any atom is -0.506 e. The predicted molar refractivity (Wildman–Crippen MR) is 128 cm³/mol. The Morgan fingerprint density at radius 3 is 2.59 bits per heavy atom. The van der Waals surface area contributed by atoms with Gasteiger partial charge < -0.3 is 21.1 Å². The quantitative estimate of drug-likeness (QED) is 0.339. The molecule has 0 spiro atoms. The zero-order chi connectivity index (χ0) is 24.3. The van der Waals surface area contributed by atoms with E-state index in [0.717, 1.165) is 42.5 Å². The number of aldehydes is 1. The summed E-state index contributed by atoms with van der Waals surface area (Å²) in [5, 5.41) is 21.6. The van der Waals surface area contributed by atoms with Crippen molar-refractivity contribution in [2.45, 2.75) is 63.1 Å². The number of carbonyl (C=O) groups excluding carboxylic acids is 1. The van der Waals surface area contributed by atoms with Crippen molar-refractivity contribution in [3.63, 3.8) is 0 Å². The SMILES string of the molecule is CCNc1ccccc1Nc1cc2c(cc1O)[C@]13CCCC[C@@H]1[C@H](C2)NCC3.O=CC(F)(F)F. The number of hydrogen-bond acceptors (Lipinski definition) is 5. The average Bonchev–Trinajstić information content (AvgIpc) is 2.82. The van der Waals surface area contributed by atoms with Gasteiger partial charge in [0, 0.05) is 18.0 Å². The molecule has 0 unspecified atom stereocenters. The standard InChI is InChI=1S/C24H31N3O.C2HF3O/c1-2-25-19-8-3-4-9-20(19)27-22-14-16-13-21-17-7-5-6-10-24(17,11-12-26-21)18(16)15-23(22)28;3-2(4,5)1-6/h3-4,8-9,14-15,17,21,25-28H,2,5-7,10-13H2,1H3;1H/t17-,21+,24+;/m1./s1. The molecule has 8 heteroatoms. The summed E-state index contributed by atoms with van der Waals surface area (Å²) in [6, 6.07) is 13.1. The molecule has 184 valence electrons. The van der Waals surface area contributed by atoms with E-state index in [-0.39, 0.29) is 5.41 Å². The topological polar surface area (TPSA) is 73.4 Å². The van der Waals surface area contributed by atoms with E-state index < -0.39 is 12.5 Å². The Morgan fingerprint density at radius 2 is 1.88 bits per heavy atom. The van der Waals surface area contributed by atoms with Gasteiger partial charge in [0.15, 0.2) is 0 Å². The molecule has 1 saturated carbocycles. The number of rotatable bonds is 4. The van der Waals surface area contributed by atoms with Crippen molar-refractivity contribution in [3.8, 4) is 5.75 Å². The third kappa shape index (κ3) is 4.87. The van der Waals surface area contributed by atoms with Crippen molar-refractivity contribution >= 4 is 23.3 Å². The molecule has 3 aliphatic rings. The summed E-state index contributed by atoms with van der Waals surface area (Å²) in [6.07, 6.45) is 1.85. The third-order valence-electron chi connectivity index (χ3n) is 7.46. The maximum atomic E-state index is 10.9. The molecule has 2 aromatic carbocycles. The lowest BCUT2D eigenvalue weighted by molar-refractivity contribution is -0.156. The summed E-state index contributed by atoms with van der Waals surface area (Å²) in [6.45, 7) is 4.07. The number of carbonyl (C=O) groups is 1. The first kappa shape index (κ1) is 24.4. The van der Waals surface area contributed by atoms with Crippen LogP contribution in [0.25, 0.3) is 0 Å². The molecule has 3 atom stereocenters. The van der Waals surface area contributed by atoms with Crippen LogP contribution in [-0.4, -0.2) is 36.7 Å². The number of fused-ring (bicyclic) bond motifs is 1. The number of aromatic hydroxyl groups is 1. The van der Waals surface area contributed by atoms with Crippen molar-refractivity contribution in [2.75, 3.05) is 23.7 Å². The first-order chi connectivity index (χ1) is 16.3. The van der Waals surface area contributed by atoms with Gasteiger partial charge in [-0.05, 0) is 80.5 Å². The van der Waals surface area contributed by atoms with E-state index in [0.29, 0.717) is 11.8 Å². The van der Waals surface area contributed by atoms with Crippen molar-refractivity contribution < 1.29 is 23.1 Å². The first-order valence-corrected chi connectivity index (χ1v) is 12.0. The molecule has 4 N–H and O–H groups in total. The van der Waals surface area contributed by atoms with Gasteiger partial charge in [-0.3, -0.25) is 4.79 Å². The van der Waals surface area contributed by atoms with Crippen LogP contribution in [0.3, 0.4) is 0 Å².